The van der Waals surface area contributed by atoms with E-state index in [1.807, 2.05) is 4.90 Å². The molecule has 5 rings (SSSR count). The summed E-state index contributed by atoms with van der Waals surface area (Å²) >= 11 is 0. The Hall–Kier alpha value is -3.82. The van der Waals surface area contributed by atoms with Crippen molar-refractivity contribution in [1.29, 1.82) is 0 Å². The Morgan fingerprint density at radius 3 is 2.56 bits per heavy atom. The lowest BCUT2D eigenvalue weighted by atomic mass is 9.80. The summed E-state index contributed by atoms with van der Waals surface area (Å²) in [5.74, 6) is 0.104. The lowest BCUT2D eigenvalue weighted by Gasteiger charge is -2.40. The normalized spacial score (nSPS) is 19.3. The van der Waals surface area contributed by atoms with Crippen molar-refractivity contribution in [2.45, 2.75) is 18.7 Å². The average molecular weight is 505 g/mol. The number of nitrogens with zero attached hydrogens (tertiary/aromatic N) is 1. The number of anilines is 1. The highest BCUT2D eigenvalue weighted by Crippen LogP contribution is 2.43. The van der Waals surface area contributed by atoms with Gasteiger partial charge >= 0.3 is 6.36 Å². The van der Waals surface area contributed by atoms with Crippen molar-refractivity contribution in [2.75, 3.05) is 31.4 Å². The maximum Gasteiger partial charge on any atom is 0.573 e. The number of piperidine rings is 1. The number of fused-ring (bicyclic) bond motifs is 1. The molecule has 36 heavy (non-hydrogen) atoms. The average Bonchev–Trinajstić information content (AvgIpc) is 3.32. The van der Waals surface area contributed by atoms with Crippen LogP contribution in [-0.4, -0.2) is 38.0 Å². The Bertz CT molecular complexity index is 1220. The van der Waals surface area contributed by atoms with Gasteiger partial charge in [0.15, 0.2) is 23.0 Å². The van der Waals surface area contributed by atoms with Gasteiger partial charge < -0.3 is 29.0 Å². The van der Waals surface area contributed by atoms with Gasteiger partial charge in [0.25, 0.3) is 0 Å². The van der Waals surface area contributed by atoms with Crippen LogP contribution in [0, 0.1) is 11.7 Å². The molecule has 0 radical (unpaired) electrons. The topological polar surface area (TPSA) is 60.4 Å². The third kappa shape index (κ3) is 5.22. The smallest absolute Gasteiger partial charge is 0.503 e. The van der Waals surface area contributed by atoms with Crippen molar-refractivity contribution in [3.05, 3.63) is 72.0 Å². The highest BCUT2D eigenvalue weighted by molar-refractivity contribution is 5.64. The number of halogens is 4. The molecule has 1 fully saturated rings. The number of phenolic OH excluding ortho intramolecular Hbond substituents is 1. The molecular formula is C26H23F4NO5. The van der Waals surface area contributed by atoms with E-state index in [0.717, 1.165) is 11.6 Å². The first-order valence-electron chi connectivity index (χ1n) is 11.4. The standard InChI is InChI=1S/C26H23F4NO5/c27-18-6-4-16(5-7-18)20-10-11-31(21-2-1-3-23(25(21)32)36-26(28,29)30)13-17(20)14-33-19-8-9-22-24(12-19)35-15-34-22/h1-9,12,17,20,32H,10-11,13-15H2/t17-,20-/m0/s1. The number of alkyl halides is 3. The fourth-order valence-electron chi connectivity index (χ4n) is 4.71. The molecule has 3 aromatic rings. The summed E-state index contributed by atoms with van der Waals surface area (Å²) in [7, 11) is 0. The van der Waals surface area contributed by atoms with Gasteiger partial charge in [-0.2, -0.15) is 0 Å². The summed E-state index contributed by atoms with van der Waals surface area (Å²) in [6, 6.07) is 15.6. The molecule has 6 nitrogen and oxygen atoms in total. The summed E-state index contributed by atoms with van der Waals surface area (Å²) in [4.78, 5) is 1.81. The molecule has 0 bridgehead atoms. The van der Waals surface area contributed by atoms with E-state index in [-0.39, 0.29) is 36.7 Å². The molecule has 3 aromatic carbocycles. The molecule has 0 amide bonds. The van der Waals surface area contributed by atoms with Gasteiger partial charge in [-0.25, -0.2) is 4.39 Å². The summed E-state index contributed by atoms with van der Waals surface area (Å²) in [6.07, 6.45) is -4.31. The molecule has 0 saturated carbocycles. The number of aromatic hydroxyl groups is 1. The first-order valence-corrected chi connectivity index (χ1v) is 11.4. The summed E-state index contributed by atoms with van der Waals surface area (Å²) in [5, 5.41) is 10.5. The summed E-state index contributed by atoms with van der Waals surface area (Å²) in [5.41, 5.74) is 1.18. The number of phenols is 1. The second kappa shape index (κ2) is 9.67. The fraction of sp³-hybridized carbons (Fsp3) is 0.308. The van der Waals surface area contributed by atoms with Gasteiger partial charge in [0.2, 0.25) is 6.79 Å². The van der Waals surface area contributed by atoms with Crippen LogP contribution in [0.1, 0.15) is 17.9 Å². The SMILES string of the molecule is Oc1c(OC(F)(F)F)cccc1N1CC[C@@H](c2ccc(F)cc2)[C@H](COc2ccc3c(c2)OCO3)C1. The summed E-state index contributed by atoms with van der Waals surface area (Å²) in [6.45, 7) is 1.27. The van der Waals surface area contributed by atoms with Gasteiger partial charge in [-0.1, -0.05) is 18.2 Å². The number of hydrogen-bond acceptors (Lipinski definition) is 6. The van der Waals surface area contributed by atoms with Crippen LogP contribution < -0.4 is 23.8 Å². The van der Waals surface area contributed by atoms with Crippen LogP contribution in [0.2, 0.25) is 0 Å². The second-order valence-electron chi connectivity index (χ2n) is 8.65. The van der Waals surface area contributed by atoms with E-state index >= 15 is 0 Å². The predicted molar refractivity (Wildman–Crippen MR) is 122 cm³/mol. The molecule has 10 heteroatoms. The highest BCUT2D eigenvalue weighted by Gasteiger charge is 2.35. The molecule has 2 aliphatic rings. The maximum atomic E-state index is 13.5. The Balaban J connectivity index is 1.38. The van der Waals surface area contributed by atoms with Crippen molar-refractivity contribution >= 4 is 5.69 Å². The van der Waals surface area contributed by atoms with Crippen LogP contribution in [-0.2, 0) is 0 Å². The lowest BCUT2D eigenvalue weighted by Crippen LogP contribution is -2.42. The van der Waals surface area contributed by atoms with Crippen molar-refractivity contribution in [3.63, 3.8) is 0 Å². The van der Waals surface area contributed by atoms with Gasteiger partial charge in [0, 0.05) is 25.1 Å². The number of benzene rings is 3. The van der Waals surface area contributed by atoms with E-state index in [1.165, 1.54) is 18.2 Å². The van der Waals surface area contributed by atoms with Crippen molar-refractivity contribution < 1.29 is 41.6 Å². The van der Waals surface area contributed by atoms with Gasteiger partial charge in [0.1, 0.15) is 11.6 Å². The minimum absolute atomic E-state index is 0.00705. The third-order valence-electron chi connectivity index (χ3n) is 6.38. The molecular weight excluding hydrogens is 482 g/mol. The van der Waals surface area contributed by atoms with E-state index in [4.69, 9.17) is 14.2 Å². The third-order valence-corrected chi connectivity index (χ3v) is 6.38. The van der Waals surface area contributed by atoms with Crippen LogP contribution in [0.25, 0.3) is 0 Å². The molecule has 190 valence electrons. The second-order valence-corrected chi connectivity index (χ2v) is 8.65. The molecule has 0 aliphatic carbocycles. The minimum atomic E-state index is -4.92. The van der Waals surface area contributed by atoms with E-state index in [0.29, 0.717) is 36.8 Å². The zero-order valence-electron chi connectivity index (χ0n) is 19.0. The molecule has 2 atom stereocenters. The maximum absolute atomic E-state index is 13.5. The van der Waals surface area contributed by atoms with E-state index < -0.39 is 17.9 Å². The Morgan fingerprint density at radius 1 is 1.00 bits per heavy atom. The van der Waals surface area contributed by atoms with Gasteiger partial charge in [-0.3, -0.25) is 0 Å². The van der Waals surface area contributed by atoms with Crippen LogP contribution in [0.4, 0.5) is 23.2 Å². The zero-order valence-corrected chi connectivity index (χ0v) is 19.0. The van der Waals surface area contributed by atoms with Crippen LogP contribution in [0.5, 0.6) is 28.7 Å². The Morgan fingerprint density at radius 2 is 1.78 bits per heavy atom. The monoisotopic (exact) mass is 505 g/mol. The number of para-hydroxylation sites is 1. The van der Waals surface area contributed by atoms with Gasteiger partial charge in [-0.15, -0.1) is 13.2 Å². The van der Waals surface area contributed by atoms with Crippen molar-refractivity contribution in [1.82, 2.24) is 0 Å². The first kappa shape index (κ1) is 23.9. The van der Waals surface area contributed by atoms with E-state index in [9.17, 15) is 22.7 Å². The van der Waals surface area contributed by atoms with Crippen LogP contribution >= 0.6 is 0 Å². The molecule has 2 aliphatic heterocycles. The molecule has 0 spiro atoms. The molecule has 0 aromatic heterocycles. The number of rotatable bonds is 6. The Labute approximate surface area is 204 Å². The minimum Gasteiger partial charge on any atom is -0.503 e. The fourth-order valence-corrected chi connectivity index (χ4v) is 4.71. The Kier molecular flexibility index (Phi) is 6.42. The predicted octanol–water partition coefficient (Wildman–Crippen LogP) is 5.85. The van der Waals surface area contributed by atoms with Gasteiger partial charge in [0.05, 0.1) is 12.3 Å². The lowest BCUT2D eigenvalue weighted by molar-refractivity contribution is -0.275. The molecule has 0 unspecified atom stereocenters. The van der Waals surface area contributed by atoms with Gasteiger partial charge in [-0.05, 0) is 54.3 Å². The summed E-state index contributed by atoms with van der Waals surface area (Å²) < 4.78 is 72.6. The number of ether oxygens (including phenoxy) is 4. The largest absolute Gasteiger partial charge is 0.573 e. The molecule has 1 saturated heterocycles. The van der Waals surface area contributed by atoms with E-state index in [1.54, 1.807) is 36.4 Å². The zero-order chi connectivity index (χ0) is 25.3. The van der Waals surface area contributed by atoms with E-state index in [2.05, 4.69) is 4.74 Å². The van der Waals surface area contributed by atoms with Crippen LogP contribution in [0.15, 0.2) is 60.7 Å². The highest BCUT2D eigenvalue weighted by atomic mass is 19.4. The quantitative estimate of drug-likeness (QED) is 0.425. The van der Waals surface area contributed by atoms with Crippen LogP contribution in [0.3, 0.4) is 0 Å². The van der Waals surface area contributed by atoms with Crippen molar-refractivity contribution in [2.24, 2.45) is 5.92 Å². The first-order chi connectivity index (χ1) is 17.3. The molecule has 1 N–H and O–H groups in total. The van der Waals surface area contributed by atoms with Crippen molar-refractivity contribution in [3.8, 4) is 28.7 Å². The number of hydrogen-bond donors (Lipinski definition) is 1. The molecule has 2 heterocycles.